The van der Waals surface area contributed by atoms with Crippen molar-refractivity contribution in [1.29, 1.82) is 0 Å². The normalized spacial score (nSPS) is 10.8. The van der Waals surface area contributed by atoms with Gasteiger partial charge in [0, 0.05) is 0 Å². The fourth-order valence-electron chi connectivity index (χ4n) is 2.50. The van der Waals surface area contributed by atoms with Crippen LogP contribution in [0.15, 0.2) is 30.3 Å². The van der Waals surface area contributed by atoms with Gasteiger partial charge in [0.05, 0.1) is 23.3 Å². The van der Waals surface area contributed by atoms with Crippen LogP contribution in [0.5, 0.6) is 5.75 Å². The predicted octanol–water partition coefficient (Wildman–Crippen LogP) is 4.76. The second-order valence-corrected chi connectivity index (χ2v) is 7.01. The van der Waals surface area contributed by atoms with E-state index in [4.69, 9.17) is 16.3 Å². The molecule has 0 aliphatic carbocycles. The number of halogens is 1. The summed E-state index contributed by atoms with van der Waals surface area (Å²) >= 11 is 7.55. The first-order valence-electron chi connectivity index (χ1n) is 7.47. The summed E-state index contributed by atoms with van der Waals surface area (Å²) in [4.78, 5) is 16.8. The molecule has 0 atom stereocenters. The summed E-state index contributed by atoms with van der Waals surface area (Å²) in [6.45, 7) is 4.02. The van der Waals surface area contributed by atoms with Gasteiger partial charge in [-0.1, -0.05) is 46.7 Å². The fourth-order valence-corrected chi connectivity index (χ4v) is 3.67. The Labute approximate surface area is 149 Å². The van der Waals surface area contributed by atoms with E-state index in [9.17, 15) is 4.79 Å². The van der Waals surface area contributed by atoms with Gasteiger partial charge < -0.3 is 10.1 Å². The smallest absolute Gasteiger partial charge is 0.230 e. The molecule has 1 amide bonds. The van der Waals surface area contributed by atoms with E-state index in [-0.39, 0.29) is 5.91 Å². The molecule has 1 heterocycles. The molecule has 2 aromatic carbocycles. The molecule has 1 aromatic heterocycles. The van der Waals surface area contributed by atoms with Crippen LogP contribution in [0.3, 0.4) is 0 Å². The van der Waals surface area contributed by atoms with Crippen LogP contribution >= 0.6 is 22.9 Å². The molecule has 0 bridgehead atoms. The van der Waals surface area contributed by atoms with Gasteiger partial charge in [-0.3, -0.25) is 4.79 Å². The van der Waals surface area contributed by atoms with Crippen LogP contribution in [0.4, 0.5) is 5.13 Å². The van der Waals surface area contributed by atoms with Gasteiger partial charge in [-0.2, -0.15) is 0 Å². The average Bonchev–Trinajstić information content (AvgIpc) is 2.96. The summed E-state index contributed by atoms with van der Waals surface area (Å²) in [5.74, 6) is 0.540. The summed E-state index contributed by atoms with van der Waals surface area (Å²) in [5.41, 5.74) is 3.92. The Morgan fingerprint density at radius 3 is 2.83 bits per heavy atom. The highest BCUT2D eigenvalue weighted by atomic mass is 35.5. The minimum absolute atomic E-state index is 0.0992. The number of nitrogens with one attached hydrogen (secondary N) is 1. The van der Waals surface area contributed by atoms with Crippen molar-refractivity contribution in [3.05, 3.63) is 52.0 Å². The van der Waals surface area contributed by atoms with Gasteiger partial charge >= 0.3 is 0 Å². The number of anilines is 1. The lowest BCUT2D eigenvalue weighted by Crippen LogP contribution is -2.14. The second-order valence-electron chi connectivity index (χ2n) is 5.60. The molecule has 0 radical (unpaired) electrons. The number of fused-ring (bicyclic) bond motifs is 1. The number of nitrogens with zero attached hydrogens (tertiary/aromatic N) is 1. The van der Waals surface area contributed by atoms with E-state index in [1.54, 1.807) is 19.2 Å². The van der Waals surface area contributed by atoms with E-state index in [0.717, 1.165) is 21.4 Å². The van der Waals surface area contributed by atoms with Crippen molar-refractivity contribution in [3.63, 3.8) is 0 Å². The number of benzene rings is 2. The van der Waals surface area contributed by atoms with Gasteiger partial charge in [-0.15, -0.1) is 0 Å². The molecule has 0 aliphatic heterocycles. The van der Waals surface area contributed by atoms with Gasteiger partial charge in [-0.25, -0.2) is 4.98 Å². The number of aryl methyl sites for hydroxylation is 2. The van der Waals surface area contributed by atoms with Crippen molar-refractivity contribution in [1.82, 2.24) is 4.98 Å². The minimum atomic E-state index is -0.0992. The maximum absolute atomic E-state index is 12.4. The summed E-state index contributed by atoms with van der Waals surface area (Å²) in [7, 11) is 1.58. The molecular weight excluding hydrogens is 344 g/mol. The SMILES string of the molecule is COc1ccc(Cl)c2sc(NC(=O)Cc3cc(C)ccc3C)nc12. The quantitative estimate of drug-likeness (QED) is 0.730. The van der Waals surface area contributed by atoms with E-state index in [1.807, 2.05) is 32.0 Å². The summed E-state index contributed by atoms with van der Waals surface area (Å²) in [6, 6.07) is 9.64. The predicted molar refractivity (Wildman–Crippen MR) is 99.4 cm³/mol. The first kappa shape index (κ1) is 16.7. The van der Waals surface area contributed by atoms with Crippen LogP contribution in [0.1, 0.15) is 16.7 Å². The Balaban J connectivity index is 1.83. The van der Waals surface area contributed by atoms with Gasteiger partial charge in [0.25, 0.3) is 0 Å². The number of carbonyl (C=O) groups excluding carboxylic acids is 1. The molecule has 6 heteroatoms. The fraction of sp³-hybridized carbons (Fsp3) is 0.222. The van der Waals surface area contributed by atoms with Crippen LogP contribution in [-0.2, 0) is 11.2 Å². The topological polar surface area (TPSA) is 51.2 Å². The molecule has 0 unspecified atom stereocenters. The number of rotatable bonds is 4. The van der Waals surface area contributed by atoms with Gasteiger partial charge in [0.15, 0.2) is 5.13 Å². The molecular formula is C18H17ClN2O2S. The summed E-state index contributed by atoms with van der Waals surface area (Å²) < 4.78 is 6.10. The highest BCUT2D eigenvalue weighted by molar-refractivity contribution is 7.23. The number of carbonyl (C=O) groups is 1. The van der Waals surface area contributed by atoms with E-state index in [1.165, 1.54) is 11.3 Å². The Morgan fingerprint density at radius 1 is 1.29 bits per heavy atom. The molecule has 0 spiro atoms. The zero-order valence-corrected chi connectivity index (χ0v) is 15.2. The lowest BCUT2D eigenvalue weighted by Gasteiger charge is -2.06. The third-order valence-corrected chi connectivity index (χ3v) is 5.21. The molecule has 0 saturated carbocycles. The molecule has 24 heavy (non-hydrogen) atoms. The first-order chi connectivity index (χ1) is 11.5. The molecule has 1 N–H and O–H groups in total. The van der Waals surface area contributed by atoms with Crippen LogP contribution in [0.2, 0.25) is 5.02 Å². The number of hydrogen-bond acceptors (Lipinski definition) is 4. The molecule has 3 rings (SSSR count). The minimum Gasteiger partial charge on any atom is -0.494 e. The third-order valence-electron chi connectivity index (χ3n) is 3.78. The van der Waals surface area contributed by atoms with Crippen molar-refractivity contribution in [3.8, 4) is 5.75 Å². The van der Waals surface area contributed by atoms with Gasteiger partial charge in [0.2, 0.25) is 5.91 Å². The third kappa shape index (κ3) is 3.37. The summed E-state index contributed by atoms with van der Waals surface area (Å²) in [6.07, 6.45) is 0.314. The van der Waals surface area contributed by atoms with Crippen LogP contribution in [0.25, 0.3) is 10.2 Å². The number of thiazole rings is 1. The highest BCUT2D eigenvalue weighted by Crippen LogP contribution is 2.37. The van der Waals surface area contributed by atoms with E-state index in [2.05, 4.69) is 10.3 Å². The van der Waals surface area contributed by atoms with Crippen LogP contribution in [-0.4, -0.2) is 18.0 Å². The first-order valence-corrected chi connectivity index (χ1v) is 8.66. The maximum Gasteiger partial charge on any atom is 0.230 e. The van der Waals surface area contributed by atoms with E-state index >= 15 is 0 Å². The van der Waals surface area contributed by atoms with Crippen LogP contribution < -0.4 is 10.1 Å². The Hall–Kier alpha value is -2.11. The number of ether oxygens (including phenoxy) is 1. The lowest BCUT2D eigenvalue weighted by molar-refractivity contribution is -0.115. The van der Waals surface area contributed by atoms with E-state index in [0.29, 0.717) is 27.8 Å². The van der Waals surface area contributed by atoms with E-state index < -0.39 is 0 Å². The van der Waals surface area contributed by atoms with Crippen molar-refractivity contribution < 1.29 is 9.53 Å². The zero-order chi connectivity index (χ0) is 17.3. The maximum atomic E-state index is 12.4. The molecule has 0 aliphatic rings. The average molecular weight is 361 g/mol. The second kappa shape index (κ2) is 6.79. The largest absolute Gasteiger partial charge is 0.494 e. The lowest BCUT2D eigenvalue weighted by atomic mass is 10.0. The van der Waals surface area contributed by atoms with Crippen molar-refractivity contribution in [2.45, 2.75) is 20.3 Å². The Morgan fingerprint density at radius 2 is 2.08 bits per heavy atom. The van der Waals surface area contributed by atoms with Crippen molar-refractivity contribution in [2.24, 2.45) is 0 Å². The van der Waals surface area contributed by atoms with Gasteiger partial charge in [-0.05, 0) is 37.1 Å². The molecule has 0 fully saturated rings. The van der Waals surface area contributed by atoms with Crippen LogP contribution in [0, 0.1) is 13.8 Å². The Bertz CT molecular complexity index is 921. The standard InChI is InChI=1S/C18H17ClN2O2S/c1-10-4-5-11(2)12(8-10)9-15(22)20-18-21-16-14(23-3)7-6-13(19)17(16)24-18/h4-8H,9H2,1-3H3,(H,20,21,22). The molecule has 3 aromatic rings. The number of methoxy groups -OCH3 is 1. The van der Waals surface area contributed by atoms with Crippen molar-refractivity contribution in [2.75, 3.05) is 12.4 Å². The molecule has 124 valence electrons. The zero-order valence-electron chi connectivity index (χ0n) is 13.6. The molecule has 4 nitrogen and oxygen atoms in total. The Kier molecular flexibility index (Phi) is 4.73. The van der Waals surface area contributed by atoms with Gasteiger partial charge in [0.1, 0.15) is 11.3 Å². The number of hydrogen-bond donors (Lipinski definition) is 1. The van der Waals surface area contributed by atoms with Crippen molar-refractivity contribution >= 4 is 44.2 Å². The summed E-state index contributed by atoms with van der Waals surface area (Å²) in [5, 5.41) is 3.98. The number of amides is 1. The molecule has 0 saturated heterocycles. The highest BCUT2D eigenvalue weighted by Gasteiger charge is 2.14. The number of aromatic nitrogens is 1. The monoisotopic (exact) mass is 360 g/mol.